The summed E-state index contributed by atoms with van der Waals surface area (Å²) in [5, 5.41) is 9.13. The lowest BCUT2D eigenvalue weighted by Gasteiger charge is -2.20. The van der Waals surface area contributed by atoms with Gasteiger partial charge in [-0.05, 0) is 12.8 Å². The number of nitrogens with zero attached hydrogens (tertiary/aromatic N) is 1. The third-order valence-corrected chi connectivity index (χ3v) is 5.95. The van der Waals surface area contributed by atoms with Crippen LogP contribution in [0, 0.1) is 0 Å². The summed E-state index contributed by atoms with van der Waals surface area (Å²) >= 11 is 0. The first-order valence-electron chi connectivity index (χ1n) is 13.1. The molecule has 0 aromatic rings. The van der Waals surface area contributed by atoms with Crippen molar-refractivity contribution in [3.8, 4) is 0 Å². The van der Waals surface area contributed by atoms with E-state index in [0.29, 0.717) is 13.0 Å². The van der Waals surface area contributed by atoms with E-state index in [1.807, 2.05) is 0 Å². The summed E-state index contributed by atoms with van der Waals surface area (Å²) < 4.78 is 0. The van der Waals surface area contributed by atoms with Crippen molar-refractivity contribution >= 4 is 11.9 Å². The van der Waals surface area contributed by atoms with Gasteiger partial charge in [0.2, 0.25) is 5.91 Å². The van der Waals surface area contributed by atoms with E-state index in [1.165, 1.54) is 96.3 Å². The van der Waals surface area contributed by atoms with Crippen LogP contribution in [0.2, 0.25) is 0 Å². The van der Waals surface area contributed by atoms with Gasteiger partial charge in [0, 0.05) is 13.0 Å². The normalized spacial score (nSPS) is 11.0. The van der Waals surface area contributed by atoms with E-state index < -0.39 is 5.97 Å². The number of hydrogen-bond acceptors (Lipinski definition) is 2. The summed E-state index contributed by atoms with van der Waals surface area (Å²) in [6.07, 6.45) is 24.0. The molecule has 0 radical (unpaired) electrons. The van der Waals surface area contributed by atoms with Crippen molar-refractivity contribution in [1.82, 2.24) is 4.90 Å². The largest absolute Gasteiger partial charge is 0.480 e. The highest BCUT2D eigenvalue weighted by atomic mass is 16.4. The van der Waals surface area contributed by atoms with Gasteiger partial charge in [0.1, 0.15) is 6.54 Å². The zero-order valence-corrected chi connectivity index (χ0v) is 20.3. The Morgan fingerprint density at radius 3 is 1.33 bits per heavy atom. The molecule has 178 valence electrons. The Hall–Kier alpha value is -1.06. The molecule has 0 rings (SSSR count). The quantitative estimate of drug-likeness (QED) is 0.170. The molecule has 0 aromatic heterocycles. The zero-order chi connectivity index (χ0) is 22.3. The minimum atomic E-state index is -0.900. The van der Waals surface area contributed by atoms with Gasteiger partial charge in [-0.3, -0.25) is 9.59 Å². The molecule has 0 fully saturated rings. The maximum atomic E-state index is 12.4. The molecule has 0 aliphatic carbocycles. The second-order valence-corrected chi connectivity index (χ2v) is 8.97. The summed E-state index contributed by atoms with van der Waals surface area (Å²) in [6, 6.07) is 0. The van der Waals surface area contributed by atoms with Crippen LogP contribution >= 0.6 is 0 Å². The molecule has 30 heavy (non-hydrogen) atoms. The van der Waals surface area contributed by atoms with Gasteiger partial charge in [0.05, 0.1) is 0 Å². The number of unbranched alkanes of at least 4 members (excludes halogenated alkanes) is 17. The summed E-state index contributed by atoms with van der Waals surface area (Å²) in [5.74, 6) is -0.876. The third kappa shape index (κ3) is 20.2. The lowest BCUT2D eigenvalue weighted by molar-refractivity contribution is -0.144. The first-order chi connectivity index (χ1) is 14.6. The molecule has 1 amide bonds. The van der Waals surface area contributed by atoms with Gasteiger partial charge in [-0.1, -0.05) is 123 Å². The minimum absolute atomic E-state index is 0.0243. The van der Waals surface area contributed by atoms with E-state index >= 15 is 0 Å². The molecule has 1 N–H and O–H groups in total. The molecular weight excluding hydrogens is 374 g/mol. The third-order valence-electron chi connectivity index (χ3n) is 5.95. The number of hydrogen-bond donors (Lipinski definition) is 1. The highest BCUT2D eigenvalue weighted by Crippen LogP contribution is 2.13. The predicted octanol–water partition coefficient (Wildman–Crippen LogP) is 7.74. The molecule has 4 nitrogen and oxygen atoms in total. The monoisotopic (exact) mass is 425 g/mol. The molecule has 4 heteroatoms. The van der Waals surface area contributed by atoms with Gasteiger partial charge >= 0.3 is 5.97 Å². The summed E-state index contributed by atoms with van der Waals surface area (Å²) in [4.78, 5) is 25.1. The van der Waals surface area contributed by atoms with Crippen LogP contribution in [0.3, 0.4) is 0 Å². The summed E-state index contributed by atoms with van der Waals surface area (Å²) in [7, 11) is 0. The second kappa shape index (κ2) is 22.6. The van der Waals surface area contributed by atoms with Crippen molar-refractivity contribution in [3.63, 3.8) is 0 Å². The maximum Gasteiger partial charge on any atom is 0.323 e. The summed E-state index contributed by atoms with van der Waals surface area (Å²) in [6.45, 7) is 4.93. The van der Waals surface area contributed by atoms with Crippen molar-refractivity contribution in [2.45, 2.75) is 142 Å². The fourth-order valence-corrected chi connectivity index (χ4v) is 3.99. The topological polar surface area (TPSA) is 57.6 Å². The van der Waals surface area contributed by atoms with Gasteiger partial charge in [-0.2, -0.15) is 0 Å². The Labute approximate surface area is 187 Å². The Morgan fingerprint density at radius 2 is 0.933 bits per heavy atom. The van der Waals surface area contributed by atoms with E-state index in [1.54, 1.807) is 4.90 Å². The molecular formula is C26H51NO3. The fraction of sp³-hybridized carbons (Fsp3) is 0.923. The van der Waals surface area contributed by atoms with Crippen LogP contribution in [0.4, 0.5) is 0 Å². The van der Waals surface area contributed by atoms with Gasteiger partial charge < -0.3 is 10.0 Å². The van der Waals surface area contributed by atoms with Gasteiger partial charge in [-0.15, -0.1) is 0 Å². The average molecular weight is 426 g/mol. The zero-order valence-electron chi connectivity index (χ0n) is 20.3. The Bertz CT molecular complexity index is 398. The predicted molar refractivity (Wildman–Crippen MR) is 128 cm³/mol. The van der Waals surface area contributed by atoms with Crippen molar-refractivity contribution in [3.05, 3.63) is 0 Å². The van der Waals surface area contributed by atoms with E-state index in [4.69, 9.17) is 5.11 Å². The Morgan fingerprint density at radius 1 is 0.567 bits per heavy atom. The SMILES string of the molecule is CCCCCCCCCCCCN(CC(=O)O)C(=O)CCCCCCCCCCC. The van der Waals surface area contributed by atoms with Crippen LogP contribution in [0.15, 0.2) is 0 Å². The van der Waals surface area contributed by atoms with Gasteiger partial charge in [0.15, 0.2) is 0 Å². The number of carboxylic acids is 1. The van der Waals surface area contributed by atoms with E-state index in [9.17, 15) is 9.59 Å². The molecule has 0 saturated heterocycles. The number of carbonyl (C=O) groups excluding carboxylic acids is 1. The minimum Gasteiger partial charge on any atom is -0.480 e. The number of amides is 1. The number of rotatable bonds is 23. The number of carbonyl (C=O) groups is 2. The smallest absolute Gasteiger partial charge is 0.323 e. The standard InChI is InChI=1S/C26H51NO3/c1-3-5-7-9-11-13-15-17-19-21-23-27(24-26(29)30)25(28)22-20-18-16-14-12-10-8-6-4-2/h3-24H2,1-2H3,(H,29,30). The highest BCUT2D eigenvalue weighted by molar-refractivity contribution is 5.81. The molecule has 0 atom stereocenters. The van der Waals surface area contributed by atoms with Crippen LogP contribution in [-0.4, -0.2) is 35.0 Å². The molecule has 0 bridgehead atoms. The molecule has 0 aromatic carbocycles. The van der Waals surface area contributed by atoms with Crippen LogP contribution in [0.5, 0.6) is 0 Å². The molecule has 0 aliphatic heterocycles. The van der Waals surface area contributed by atoms with E-state index in [-0.39, 0.29) is 12.5 Å². The molecule has 0 heterocycles. The molecule has 0 aliphatic rings. The number of carboxylic acid groups (broad SMARTS) is 1. The Balaban J connectivity index is 3.77. The van der Waals surface area contributed by atoms with Gasteiger partial charge in [0.25, 0.3) is 0 Å². The van der Waals surface area contributed by atoms with Crippen molar-refractivity contribution in [2.24, 2.45) is 0 Å². The van der Waals surface area contributed by atoms with Crippen LogP contribution in [0.1, 0.15) is 142 Å². The fourth-order valence-electron chi connectivity index (χ4n) is 3.99. The van der Waals surface area contributed by atoms with Crippen molar-refractivity contribution < 1.29 is 14.7 Å². The van der Waals surface area contributed by atoms with E-state index in [0.717, 1.165) is 25.7 Å². The van der Waals surface area contributed by atoms with Crippen molar-refractivity contribution in [1.29, 1.82) is 0 Å². The van der Waals surface area contributed by atoms with Crippen LogP contribution < -0.4 is 0 Å². The first kappa shape index (κ1) is 28.9. The Kier molecular flexibility index (Phi) is 21.8. The molecule has 0 saturated carbocycles. The lowest BCUT2D eigenvalue weighted by Crippen LogP contribution is -2.36. The second-order valence-electron chi connectivity index (χ2n) is 8.97. The van der Waals surface area contributed by atoms with Crippen molar-refractivity contribution in [2.75, 3.05) is 13.1 Å². The molecule has 0 unspecified atom stereocenters. The summed E-state index contributed by atoms with van der Waals surface area (Å²) in [5.41, 5.74) is 0. The maximum absolute atomic E-state index is 12.4. The first-order valence-corrected chi connectivity index (χ1v) is 13.1. The van der Waals surface area contributed by atoms with Gasteiger partial charge in [-0.25, -0.2) is 0 Å². The van der Waals surface area contributed by atoms with Crippen LogP contribution in [-0.2, 0) is 9.59 Å². The lowest BCUT2D eigenvalue weighted by atomic mass is 10.1. The highest BCUT2D eigenvalue weighted by Gasteiger charge is 2.15. The molecule has 0 spiro atoms. The number of aliphatic carboxylic acids is 1. The van der Waals surface area contributed by atoms with E-state index in [2.05, 4.69) is 13.8 Å². The average Bonchev–Trinajstić information content (AvgIpc) is 2.72. The van der Waals surface area contributed by atoms with Crippen LogP contribution in [0.25, 0.3) is 0 Å².